The van der Waals surface area contributed by atoms with Gasteiger partial charge in [-0.25, -0.2) is 0 Å². The molecule has 0 aromatic rings. The van der Waals surface area contributed by atoms with Gasteiger partial charge in [-0.3, -0.25) is 4.79 Å². The number of hydrogen-bond acceptors (Lipinski definition) is 3. The van der Waals surface area contributed by atoms with Gasteiger partial charge in [-0.05, 0) is 0 Å². The van der Waals surface area contributed by atoms with Crippen LogP contribution in [-0.4, -0.2) is 22.0 Å². The highest BCUT2D eigenvalue weighted by Crippen LogP contribution is 1.86. The van der Waals surface area contributed by atoms with Crippen molar-refractivity contribution in [3.8, 4) is 0 Å². The first kappa shape index (κ1) is 7.39. The average Bonchev–Trinajstić information content (AvgIpc) is 1.21. The normalized spacial score (nSPS) is 11.0. The summed E-state index contributed by atoms with van der Waals surface area (Å²) in [6.45, 7) is 3.88. The molecule has 47 valence electrons. The fraction of sp³-hybridized carbons (Fsp3) is 0.500. The number of aliphatic hydroxyl groups is 2. The summed E-state index contributed by atoms with van der Waals surface area (Å²) in [6, 6.07) is 0. The van der Waals surface area contributed by atoms with Crippen LogP contribution in [0.1, 0.15) is 6.92 Å². The molecule has 0 aliphatic carbocycles. The van der Waals surface area contributed by atoms with Gasteiger partial charge >= 0.3 is 0 Å². The van der Waals surface area contributed by atoms with Crippen molar-refractivity contribution >= 4 is 5.91 Å². The van der Waals surface area contributed by atoms with E-state index in [9.17, 15) is 4.79 Å². The van der Waals surface area contributed by atoms with Crippen molar-refractivity contribution in [3.63, 3.8) is 0 Å². The molecule has 1 radical (unpaired) electrons. The second-order valence-corrected chi connectivity index (χ2v) is 1.57. The Morgan fingerprint density at radius 2 is 2.12 bits per heavy atom. The molecule has 0 fully saturated rings. The minimum absolute atomic E-state index is 0.725. The van der Waals surface area contributed by atoms with Crippen molar-refractivity contribution in [2.24, 2.45) is 0 Å². The molecule has 0 unspecified atom stereocenters. The van der Waals surface area contributed by atoms with E-state index in [0.29, 0.717) is 0 Å². The molecule has 0 aliphatic rings. The molecule has 0 bridgehead atoms. The average molecular weight is 118 g/mol. The fourth-order valence-electron chi connectivity index (χ4n) is 0.264. The van der Waals surface area contributed by atoms with Crippen LogP contribution in [0.25, 0.3) is 0 Å². The molecule has 0 saturated heterocycles. The molecule has 4 heteroatoms. The van der Waals surface area contributed by atoms with Gasteiger partial charge < -0.3 is 15.5 Å². The van der Waals surface area contributed by atoms with Gasteiger partial charge in [-0.15, -0.1) is 0 Å². The Labute approximate surface area is 47.1 Å². The second-order valence-electron chi connectivity index (χ2n) is 1.57. The molecule has 0 spiro atoms. The maximum Gasteiger partial charge on any atom is 0.243 e. The molecule has 8 heavy (non-hydrogen) atoms. The van der Waals surface area contributed by atoms with E-state index in [4.69, 9.17) is 10.2 Å². The minimum Gasteiger partial charge on any atom is -0.349 e. The molecular weight excluding hydrogens is 110 g/mol. The van der Waals surface area contributed by atoms with E-state index in [1.807, 2.05) is 0 Å². The summed E-state index contributed by atoms with van der Waals surface area (Å²) in [6.07, 6.45) is 0. The summed E-state index contributed by atoms with van der Waals surface area (Å²) in [7, 11) is 0. The smallest absolute Gasteiger partial charge is 0.243 e. The first-order valence-corrected chi connectivity index (χ1v) is 2.00. The van der Waals surface area contributed by atoms with Crippen LogP contribution in [0.4, 0.5) is 0 Å². The third-order valence-electron chi connectivity index (χ3n) is 0.376. The molecule has 3 N–H and O–H groups in total. The van der Waals surface area contributed by atoms with Gasteiger partial charge in [0.1, 0.15) is 0 Å². The molecule has 0 rings (SSSR count). The van der Waals surface area contributed by atoms with E-state index in [1.165, 1.54) is 0 Å². The molecule has 0 saturated carbocycles. The standard InChI is InChI=1S/C4H8NO3/c1-3(6)5-4(2,7)8/h7-8H,1H2,2H3,(H,5,6). The van der Waals surface area contributed by atoms with E-state index < -0.39 is 11.8 Å². The van der Waals surface area contributed by atoms with Crippen LogP contribution in [-0.2, 0) is 4.79 Å². The summed E-state index contributed by atoms with van der Waals surface area (Å²) >= 11 is 0. The number of carbonyl (C=O) groups excluding carboxylic acids is 1. The summed E-state index contributed by atoms with van der Waals surface area (Å²) in [4.78, 5) is 9.92. The maximum atomic E-state index is 9.92. The molecule has 1 amide bonds. The van der Waals surface area contributed by atoms with Crippen molar-refractivity contribution in [2.45, 2.75) is 12.8 Å². The van der Waals surface area contributed by atoms with E-state index >= 15 is 0 Å². The third-order valence-corrected chi connectivity index (χ3v) is 0.376. The lowest BCUT2D eigenvalue weighted by Crippen LogP contribution is -2.44. The van der Waals surface area contributed by atoms with Crippen molar-refractivity contribution in [1.29, 1.82) is 0 Å². The Bertz CT molecular complexity index is 93.9. The highest BCUT2D eigenvalue weighted by Gasteiger charge is 2.14. The Kier molecular flexibility index (Phi) is 1.94. The predicted molar refractivity (Wildman–Crippen MR) is 26.3 cm³/mol. The van der Waals surface area contributed by atoms with Gasteiger partial charge in [0.05, 0.1) is 0 Å². The maximum absolute atomic E-state index is 9.92. The van der Waals surface area contributed by atoms with Crippen molar-refractivity contribution in [3.05, 3.63) is 6.92 Å². The Balaban J connectivity index is 3.55. The van der Waals surface area contributed by atoms with Gasteiger partial charge in [0.25, 0.3) is 0 Å². The lowest BCUT2D eigenvalue weighted by Gasteiger charge is -2.14. The van der Waals surface area contributed by atoms with Crippen molar-refractivity contribution < 1.29 is 15.0 Å². The number of carbonyl (C=O) groups is 1. The summed E-state index contributed by atoms with van der Waals surface area (Å²) < 4.78 is 0. The van der Waals surface area contributed by atoms with Gasteiger partial charge in [-0.2, -0.15) is 0 Å². The van der Waals surface area contributed by atoms with E-state index in [-0.39, 0.29) is 0 Å². The largest absolute Gasteiger partial charge is 0.349 e. The molecular formula is C4H8NO3. The zero-order chi connectivity index (χ0) is 6.78. The summed E-state index contributed by atoms with van der Waals surface area (Å²) in [5, 5.41) is 18.5. The van der Waals surface area contributed by atoms with Gasteiger partial charge in [0.2, 0.25) is 11.8 Å². The lowest BCUT2D eigenvalue weighted by molar-refractivity contribution is -0.175. The second kappa shape index (κ2) is 2.11. The topological polar surface area (TPSA) is 69.6 Å². The Morgan fingerprint density at radius 3 is 2.12 bits per heavy atom. The molecule has 0 aliphatic heterocycles. The molecule has 0 heterocycles. The van der Waals surface area contributed by atoms with Gasteiger partial charge in [0, 0.05) is 13.8 Å². The summed E-state index contributed by atoms with van der Waals surface area (Å²) in [5.41, 5.74) is 0. The van der Waals surface area contributed by atoms with E-state index in [2.05, 4.69) is 6.92 Å². The van der Waals surface area contributed by atoms with Crippen molar-refractivity contribution in [1.82, 2.24) is 5.32 Å². The van der Waals surface area contributed by atoms with Crippen LogP contribution < -0.4 is 5.32 Å². The molecule has 4 nitrogen and oxygen atoms in total. The zero-order valence-corrected chi connectivity index (χ0v) is 4.51. The molecule has 0 aromatic carbocycles. The van der Waals surface area contributed by atoms with E-state index in [0.717, 1.165) is 6.92 Å². The Morgan fingerprint density at radius 1 is 1.75 bits per heavy atom. The van der Waals surface area contributed by atoms with Crippen LogP contribution in [0.2, 0.25) is 0 Å². The highest BCUT2D eigenvalue weighted by molar-refractivity contribution is 5.80. The molecule has 0 atom stereocenters. The number of nitrogens with one attached hydrogen (secondary N) is 1. The molecule has 0 aromatic heterocycles. The van der Waals surface area contributed by atoms with Crippen LogP contribution in [0.15, 0.2) is 0 Å². The minimum atomic E-state index is -2.14. The number of hydrogen-bond donors (Lipinski definition) is 3. The summed E-state index contributed by atoms with van der Waals surface area (Å²) in [5.74, 6) is -2.86. The first-order chi connectivity index (χ1) is 3.42. The SMILES string of the molecule is [CH2]C(=O)NC(C)(O)O. The number of rotatable bonds is 1. The zero-order valence-electron chi connectivity index (χ0n) is 4.51. The lowest BCUT2D eigenvalue weighted by atomic mass is 10.5. The van der Waals surface area contributed by atoms with Crippen LogP contribution in [0.3, 0.4) is 0 Å². The van der Waals surface area contributed by atoms with Crippen LogP contribution in [0.5, 0.6) is 0 Å². The van der Waals surface area contributed by atoms with Crippen molar-refractivity contribution in [2.75, 3.05) is 0 Å². The highest BCUT2D eigenvalue weighted by atomic mass is 16.5. The van der Waals surface area contributed by atoms with Gasteiger partial charge in [-0.1, -0.05) is 0 Å². The Hall–Kier alpha value is -0.610. The third kappa shape index (κ3) is 5.39. The van der Waals surface area contributed by atoms with Crippen LogP contribution >= 0.6 is 0 Å². The fourth-order valence-corrected chi connectivity index (χ4v) is 0.264. The van der Waals surface area contributed by atoms with E-state index in [1.54, 1.807) is 5.32 Å². The quantitative estimate of drug-likeness (QED) is 0.371. The van der Waals surface area contributed by atoms with Crippen LogP contribution in [0, 0.1) is 6.92 Å². The number of amides is 1. The monoisotopic (exact) mass is 118 g/mol. The van der Waals surface area contributed by atoms with Gasteiger partial charge in [0.15, 0.2) is 0 Å². The first-order valence-electron chi connectivity index (χ1n) is 2.00. The predicted octanol–water partition coefficient (Wildman–Crippen LogP) is -1.41.